The van der Waals surface area contributed by atoms with Crippen molar-refractivity contribution in [1.29, 1.82) is 0 Å². The van der Waals surface area contributed by atoms with Gasteiger partial charge in [-0.15, -0.1) is 0 Å². The van der Waals surface area contributed by atoms with Gasteiger partial charge < -0.3 is 9.47 Å². The Morgan fingerprint density at radius 2 is 1.76 bits per heavy atom. The molecule has 7 heteroatoms. The predicted octanol–water partition coefficient (Wildman–Crippen LogP) is 4.65. The van der Waals surface area contributed by atoms with E-state index in [-0.39, 0.29) is 5.91 Å². The summed E-state index contributed by atoms with van der Waals surface area (Å²) in [4.78, 5) is 25.2. The van der Waals surface area contributed by atoms with Gasteiger partial charge in [0.2, 0.25) is 0 Å². The van der Waals surface area contributed by atoms with Crippen molar-refractivity contribution < 1.29 is 19.1 Å². The smallest absolute Gasteiger partial charge is 0.340 e. The van der Waals surface area contributed by atoms with Crippen molar-refractivity contribution in [3.63, 3.8) is 0 Å². The minimum absolute atomic E-state index is 0.315. The number of rotatable bonds is 3. The van der Waals surface area contributed by atoms with Gasteiger partial charge in [-0.1, -0.05) is 34.1 Å². The highest BCUT2D eigenvalue weighted by Gasteiger charge is 2.23. The van der Waals surface area contributed by atoms with Gasteiger partial charge in [0, 0.05) is 16.1 Å². The van der Waals surface area contributed by atoms with E-state index < -0.39 is 5.97 Å². The molecule has 3 rings (SSSR count). The Labute approximate surface area is 160 Å². The van der Waals surface area contributed by atoms with Crippen molar-refractivity contribution in [3.8, 4) is 5.75 Å². The van der Waals surface area contributed by atoms with Crippen molar-refractivity contribution >= 4 is 54.6 Å². The van der Waals surface area contributed by atoms with Crippen LogP contribution in [0.15, 0.2) is 51.5 Å². The molecule has 0 bridgehead atoms. The minimum Gasteiger partial charge on any atom is -0.495 e. The van der Waals surface area contributed by atoms with Crippen LogP contribution >= 0.6 is 31.9 Å². The molecular weight excluding hydrogens is 454 g/mol. The largest absolute Gasteiger partial charge is 0.495 e. The van der Waals surface area contributed by atoms with E-state index in [2.05, 4.69) is 31.9 Å². The number of fused-ring (bicyclic) bond motifs is 1. The minimum atomic E-state index is -0.495. The summed E-state index contributed by atoms with van der Waals surface area (Å²) in [5.41, 5.74) is 1.31. The third-order valence-electron chi connectivity index (χ3n) is 3.78. The van der Waals surface area contributed by atoms with E-state index in [9.17, 15) is 9.59 Å². The molecule has 0 radical (unpaired) electrons. The van der Waals surface area contributed by atoms with Gasteiger partial charge in [-0.05, 0) is 34.1 Å². The summed E-state index contributed by atoms with van der Waals surface area (Å²) in [7, 11) is 2.81. The van der Waals surface area contributed by atoms with Crippen molar-refractivity contribution in [1.82, 2.24) is 4.57 Å². The molecule has 0 saturated heterocycles. The maximum atomic E-state index is 13.2. The van der Waals surface area contributed by atoms with Crippen LogP contribution in [0.25, 0.3) is 10.9 Å². The standard InChI is InChI=1S/C18H13Br2NO4/c1-24-16-12(7-10(19)8-14(16)20)17(22)21-9-13(18(23)25-2)11-5-3-4-6-15(11)21/h3-9H,1-2H3. The molecule has 25 heavy (non-hydrogen) atoms. The quantitative estimate of drug-likeness (QED) is 0.527. The van der Waals surface area contributed by atoms with Gasteiger partial charge >= 0.3 is 5.97 Å². The third-order valence-corrected chi connectivity index (χ3v) is 4.83. The van der Waals surface area contributed by atoms with Gasteiger partial charge in [-0.2, -0.15) is 0 Å². The molecule has 0 N–H and O–H groups in total. The Bertz CT molecular complexity index is 994. The average molecular weight is 467 g/mol. The molecule has 128 valence electrons. The van der Waals surface area contributed by atoms with E-state index >= 15 is 0 Å². The molecular formula is C18H13Br2NO4. The maximum Gasteiger partial charge on any atom is 0.340 e. The number of esters is 1. The van der Waals surface area contributed by atoms with Crippen LogP contribution in [0.3, 0.4) is 0 Å². The number of carbonyl (C=O) groups excluding carboxylic acids is 2. The van der Waals surface area contributed by atoms with Crippen molar-refractivity contribution in [2.24, 2.45) is 0 Å². The molecule has 5 nitrogen and oxygen atoms in total. The van der Waals surface area contributed by atoms with E-state index in [0.717, 1.165) is 4.47 Å². The fraction of sp³-hybridized carbons (Fsp3) is 0.111. The molecule has 0 spiro atoms. The Morgan fingerprint density at radius 1 is 1.04 bits per heavy atom. The number of carbonyl (C=O) groups is 2. The van der Waals surface area contributed by atoms with Crippen LogP contribution in [0.4, 0.5) is 0 Å². The van der Waals surface area contributed by atoms with Gasteiger partial charge in [-0.3, -0.25) is 9.36 Å². The summed E-state index contributed by atoms with van der Waals surface area (Å²) in [5, 5.41) is 0.649. The van der Waals surface area contributed by atoms with Gasteiger partial charge in [0.1, 0.15) is 5.75 Å². The maximum absolute atomic E-state index is 13.2. The molecule has 1 heterocycles. The Hall–Kier alpha value is -2.12. The lowest BCUT2D eigenvalue weighted by atomic mass is 10.1. The number of halogens is 2. The number of ether oxygens (including phenoxy) is 2. The lowest BCUT2D eigenvalue weighted by molar-refractivity contribution is 0.0603. The first kappa shape index (κ1) is 17.7. The van der Waals surface area contributed by atoms with Gasteiger partial charge in [0.05, 0.1) is 35.3 Å². The highest BCUT2D eigenvalue weighted by molar-refractivity contribution is 9.11. The lowest BCUT2D eigenvalue weighted by Crippen LogP contribution is -2.13. The summed E-state index contributed by atoms with van der Waals surface area (Å²) in [6.07, 6.45) is 1.49. The van der Waals surface area contributed by atoms with Crippen LogP contribution in [0, 0.1) is 0 Å². The van der Waals surface area contributed by atoms with E-state index in [1.807, 2.05) is 0 Å². The van der Waals surface area contributed by atoms with Crippen LogP contribution in [0.5, 0.6) is 5.75 Å². The SMILES string of the molecule is COC(=O)c1cn(C(=O)c2cc(Br)cc(Br)c2OC)c2ccccc12. The second-order valence-corrected chi connectivity index (χ2v) is 6.97. The lowest BCUT2D eigenvalue weighted by Gasteiger charge is -2.11. The second-order valence-electron chi connectivity index (χ2n) is 5.20. The van der Waals surface area contributed by atoms with E-state index in [1.165, 1.54) is 25.0 Å². The molecule has 0 amide bonds. The van der Waals surface area contributed by atoms with Crippen LogP contribution < -0.4 is 4.74 Å². The fourth-order valence-electron chi connectivity index (χ4n) is 2.68. The summed E-state index contributed by atoms with van der Waals surface area (Å²) >= 11 is 6.78. The molecule has 0 atom stereocenters. The van der Waals surface area contributed by atoms with E-state index in [0.29, 0.717) is 32.3 Å². The molecule has 0 unspecified atom stereocenters. The molecule has 3 aromatic rings. The number of hydrogen-bond acceptors (Lipinski definition) is 4. The van der Waals surface area contributed by atoms with Crippen molar-refractivity contribution in [2.75, 3.05) is 14.2 Å². The highest BCUT2D eigenvalue weighted by atomic mass is 79.9. The molecule has 0 aliphatic carbocycles. The first-order valence-electron chi connectivity index (χ1n) is 7.24. The molecule has 2 aromatic carbocycles. The summed E-state index contributed by atoms with van der Waals surface area (Å²) in [6, 6.07) is 10.6. The monoisotopic (exact) mass is 465 g/mol. The molecule has 0 saturated carbocycles. The number of methoxy groups -OCH3 is 2. The molecule has 1 aromatic heterocycles. The third kappa shape index (κ3) is 3.09. The van der Waals surface area contributed by atoms with Crippen molar-refractivity contribution in [2.45, 2.75) is 0 Å². The normalized spacial score (nSPS) is 10.7. The zero-order valence-corrected chi connectivity index (χ0v) is 16.5. The number of aromatic nitrogens is 1. The van der Waals surface area contributed by atoms with Crippen LogP contribution in [-0.2, 0) is 4.74 Å². The zero-order chi connectivity index (χ0) is 18.1. The molecule has 0 fully saturated rings. The summed E-state index contributed by atoms with van der Waals surface area (Å²) < 4.78 is 13.0. The summed E-state index contributed by atoms with van der Waals surface area (Å²) in [5.74, 6) is -0.388. The molecule has 0 aliphatic heterocycles. The van der Waals surface area contributed by atoms with Crippen LogP contribution in [-0.4, -0.2) is 30.7 Å². The number of nitrogens with zero attached hydrogens (tertiary/aromatic N) is 1. The predicted molar refractivity (Wildman–Crippen MR) is 101 cm³/mol. The van der Waals surface area contributed by atoms with Gasteiger partial charge in [0.15, 0.2) is 0 Å². The Morgan fingerprint density at radius 3 is 2.44 bits per heavy atom. The van der Waals surface area contributed by atoms with E-state index in [1.54, 1.807) is 36.4 Å². The van der Waals surface area contributed by atoms with Gasteiger partial charge in [0.25, 0.3) is 5.91 Å². The average Bonchev–Trinajstić information content (AvgIpc) is 2.99. The summed E-state index contributed by atoms with van der Waals surface area (Å²) in [6.45, 7) is 0. The Balaban J connectivity index is 2.24. The molecule has 0 aliphatic rings. The second kappa shape index (κ2) is 7.01. The van der Waals surface area contributed by atoms with Crippen LogP contribution in [0.1, 0.15) is 20.7 Å². The first-order valence-corrected chi connectivity index (χ1v) is 8.82. The Kier molecular flexibility index (Phi) is 4.96. The van der Waals surface area contributed by atoms with Gasteiger partial charge in [-0.25, -0.2) is 4.79 Å². The number of para-hydroxylation sites is 1. The van der Waals surface area contributed by atoms with Crippen LogP contribution in [0.2, 0.25) is 0 Å². The fourth-order valence-corrected chi connectivity index (χ4v) is 4.06. The number of hydrogen-bond donors (Lipinski definition) is 0. The van der Waals surface area contributed by atoms with E-state index in [4.69, 9.17) is 9.47 Å². The zero-order valence-electron chi connectivity index (χ0n) is 13.4. The van der Waals surface area contributed by atoms with Crippen molar-refractivity contribution in [3.05, 3.63) is 62.7 Å². The first-order chi connectivity index (χ1) is 12.0. The topological polar surface area (TPSA) is 57.5 Å². The highest BCUT2D eigenvalue weighted by Crippen LogP contribution is 2.34. The number of benzene rings is 2.